The summed E-state index contributed by atoms with van der Waals surface area (Å²) in [6.45, 7) is -1.32. The van der Waals surface area contributed by atoms with Crippen molar-refractivity contribution in [3.63, 3.8) is 0 Å². The molecule has 0 saturated carbocycles. The van der Waals surface area contributed by atoms with Crippen molar-refractivity contribution in [2.24, 2.45) is 5.73 Å². The summed E-state index contributed by atoms with van der Waals surface area (Å²) in [7, 11) is 0. The van der Waals surface area contributed by atoms with E-state index in [0.29, 0.717) is 3.58 Å². The second-order valence-electron chi connectivity index (χ2n) is 4.59. The molecule has 9 nitrogen and oxygen atoms in total. The number of aliphatic hydroxyl groups is 4. The lowest BCUT2D eigenvalue weighted by Crippen LogP contribution is -2.64. The number of hydrogen-bond acceptors (Lipinski definition) is 7. The van der Waals surface area contributed by atoms with Gasteiger partial charge in [0.05, 0.1) is 13.2 Å². The van der Waals surface area contributed by atoms with Crippen LogP contribution in [0.25, 0.3) is 0 Å². The number of nitrogens with two attached hydrogens (primary N) is 1. The van der Waals surface area contributed by atoms with Crippen LogP contribution in [-0.2, 0) is 4.74 Å². The van der Waals surface area contributed by atoms with Crippen molar-refractivity contribution in [2.45, 2.75) is 30.2 Å². The lowest BCUT2D eigenvalue weighted by molar-refractivity contribution is -0.177. The summed E-state index contributed by atoms with van der Waals surface area (Å²) < 4.78 is 5.89. The molecule has 7 N–H and O–H groups in total. The van der Waals surface area contributed by atoms with E-state index >= 15 is 0 Å². The fourth-order valence-electron chi connectivity index (χ4n) is 2.24. The Kier molecular flexibility index (Phi) is 4.53. The maximum atomic E-state index is 12.0. The van der Waals surface area contributed by atoms with Crippen LogP contribution >= 0.6 is 22.6 Å². The lowest BCUT2D eigenvalue weighted by Gasteiger charge is -2.41. The van der Waals surface area contributed by atoms with Crippen LogP contribution < -0.4 is 11.1 Å². The third kappa shape index (κ3) is 2.30. The minimum atomic E-state index is -1.87. The van der Waals surface area contributed by atoms with Gasteiger partial charge in [0.15, 0.2) is 0 Å². The van der Waals surface area contributed by atoms with E-state index in [-0.39, 0.29) is 0 Å². The maximum absolute atomic E-state index is 12.0. The second kappa shape index (κ2) is 5.71. The fourth-order valence-corrected chi connectivity index (χ4v) is 2.67. The molecule has 10 heteroatoms. The van der Waals surface area contributed by atoms with E-state index in [1.165, 1.54) is 6.20 Å². The molecule has 0 aromatic carbocycles. The molecule has 0 aliphatic carbocycles. The Labute approximate surface area is 128 Å². The molecule has 0 radical (unpaired) electrons. The second-order valence-corrected chi connectivity index (χ2v) is 5.83. The molecule has 0 aromatic heterocycles. The Morgan fingerprint density at radius 2 is 2.15 bits per heavy atom. The Bertz CT molecular complexity index is 435. The van der Waals surface area contributed by atoms with Gasteiger partial charge in [0.25, 0.3) is 0 Å². The summed E-state index contributed by atoms with van der Waals surface area (Å²) in [5.41, 5.74) is 3.77. The summed E-state index contributed by atoms with van der Waals surface area (Å²) in [4.78, 5) is 12.9. The zero-order chi connectivity index (χ0) is 15.1. The van der Waals surface area contributed by atoms with E-state index < -0.39 is 49.4 Å². The predicted octanol–water partition coefficient (Wildman–Crippen LogP) is -2.63. The van der Waals surface area contributed by atoms with Crippen LogP contribution in [0.4, 0.5) is 4.79 Å². The van der Waals surface area contributed by atoms with Gasteiger partial charge in [-0.15, -0.1) is 0 Å². The van der Waals surface area contributed by atoms with Crippen molar-refractivity contribution in [2.75, 3.05) is 13.2 Å². The fraction of sp³-hybridized carbons (Fsp3) is 0.700. The van der Waals surface area contributed by atoms with E-state index in [2.05, 4.69) is 5.32 Å². The number of ether oxygens (including phenoxy) is 1. The molecule has 2 heterocycles. The van der Waals surface area contributed by atoms with Crippen molar-refractivity contribution in [3.05, 3.63) is 9.78 Å². The van der Waals surface area contributed by atoms with E-state index in [1.807, 2.05) is 22.6 Å². The summed E-state index contributed by atoms with van der Waals surface area (Å²) in [6, 6.07) is -0.684. The third-order valence-corrected chi connectivity index (χ3v) is 4.33. The standard InChI is InChI=1S/C10H16IN3O6/c11-4-1-14(9(19)13-8(4)12)10(3-16)7(18)6(17)5(2-15)20-10/h1,5-8,15-18H,2-3,12H2,(H,13,19)/t5-,6+,7-,8?,10-/m1/s1. The molecular weight excluding hydrogens is 385 g/mol. The first kappa shape index (κ1) is 15.9. The quantitative estimate of drug-likeness (QED) is 0.284. The average Bonchev–Trinajstić information content (AvgIpc) is 2.68. The number of halogens is 1. The molecule has 20 heavy (non-hydrogen) atoms. The Hall–Kier alpha value is -0.500. The van der Waals surface area contributed by atoms with Crippen molar-refractivity contribution >= 4 is 28.6 Å². The van der Waals surface area contributed by atoms with E-state index in [4.69, 9.17) is 15.6 Å². The minimum Gasteiger partial charge on any atom is -0.394 e. The lowest BCUT2D eigenvalue weighted by atomic mass is 10.0. The van der Waals surface area contributed by atoms with Gasteiger partial charge in [0.2, 0.25) is 5.72 Å². The normalized spacial score (nSPS) is 41.6. The first-order chi connectivity index (χ1) is 9.37. The van der Waals surface area contributed by atoms with Gasteiger partial charge in [0, 0.05) is 9.78 Å². The molecule has 2 aliphatic rings. The Morgan fingerprint density at radius 3 is 2.65 bits per heavy atom. The van der Waals surface area contributed by atoms with Crippen LogP contribution in [0, 0.1) is 0 Å². The van der Waals surface area contributed by atoms with Gasteiger partial charge >= 0.3 is 6.03 Å². The number of carbonyl (C=O) groups excluding carboxylic acids is 1. The molecule has 2 aliphatic heterocycles. The zero-order valence-corrected chi connectivity index (χ0v) is 12.5. The van der Waals surface area contributed by atoms with Crippen molar-refractivity contribution in [1.29, 1.82) is 0 Å². The van der Waals surface area contributed by atoms with Gasteiger partial charge in [-0.25, -0.2) is 4.79 Å². The van der Waals surface area contributed by atoms with Crippen LogP contribution in [0.1, 0.15) is 0 Å². The van der Waals surface area contributed by atoms with Crippen molar-refractivity contribution in [1.82, 2.24) is 10.2 Å². The van der Waals surface area contributed by atoms with Gasteiger partial charge in [-0.2, -0.15) is 0 Å². The number of rotatable bonds is 3. The summed E-state index contributed by atoms with van der Waals surface area (Å²) in [6.07, 6.45) is -3.47. The number of aliphatic hydroxyl groups excluding tert-OH is 4. The van der Waals surface area contributed by atoms with Crippen LogP contribution in [0.3, 0.4) is 0 Å². The number of urea groups is 1. The van der Waals surface area contributed by atoms with Crippen LogP contribution in [0.2, 0.25) is 0 Å². The molecule has 1 fully saturated rings. The van der Waals surface area contributed by atoms with Gasteiger partial charge in [-0.1, -0.05) is 0 Å². The smallest absolute Gasteiger partial charge is 0.325 e. The number of carbonyl (C=O) groups is 1. The van der Waals surface area contributed by atoms with Crippen LogP contribution in [-0.4, -0.2) is 74.8 Å². The van der Waals surface area contributed by atoms with E-state index in [1.54, 1.807) is 0 Å². The number of amides is 2. The number of hydrogen-bond donors (Lipinski definition) is 6. The highest BCUT2D eigenvalue weighted by molar-refractivity contribution is 14.1. The van der Waals surface area contributed by atoms with E-state index in [0.717, 1.165) is 4.90 Å². The number of nitrogens with one attached hydrogen (secondary N) is 1. The van der Waals surface area contributed by atoms with Crippen molar-refractivity contribution < 1.29 is 30.0 Å². The van der Waals surface area contributed by atoms with Crippen molar-refractivity contribution in [3.8, 4) is 0 Å². The summed E-state index contributed by atoms with van der Waals surface area (Å²) in [5.74, 6) is 0. The monoisotopic (exact) mass is 401 g/mol. The van der Waals surface area contributed by atoms with Crippen LogP contribution in [0.5, 0.6) is 0 Å². The molecule has 114 valence electrons. The Balaban J connectivity index is 2.39. The largest absolute Gasteiger partial charge is 0.394 e. The Morgan fingerprint density at radius 1 is 1.50 bits per heavy atom. The molecule has 0 aromatic rings. The highest BCUT2D eigenvalue weighted by Gasteiger charge is 2.59. The van der Waals surface area contributed by atoms with E-state index in [9.17, 15) is 20.1 Å². The predicted molar refractivity (Wildman–Crippen MR) is 74.2 cm³/mol. The molecule has 2 amide bonds. The zero-order valence-electron chi connectivity index (χ0n) is 10.3. The van der Waals surface area contributed by atoms with Gasteiger partial charge < -0.3 is 36.2 Å². The molecule has 0 bridgehead atoms. The SMILES string of the molecule is NC1NC(=O)N([C@]2(CO)O[C@H](CO)[C@H](O)[C@H]2O)C=C1I. The highest BCUT2D eigenvalue weighted by Crippen LogP contribution is 2.36. The van der Waals surface area contributed by atoms with Gasteiger partial charge in [-0.3, -0.25) is 4.90 Å². The van der Waals surface area contributed by atoms with Crippen LogP contribution in [0.15, 0.2) is 9.78 Å². The first-order valence-electron chi connectivity index (χ1n) is 5.85. The molecule has 1 saturated heterocycles. The molecule has 0 spiro atoms. The first-order valence-corrected chi connectivity index (χ1v) is 6.93. The molecule has 5 atom stereocenters. The molecular formula is C10H16IN3O6. The average molecular weight is 401 g/mol. The number of nitrogens with zero attached hydrogens (tertiary/aromatic N) is 1. The molecule has 2 rings (SSSR count). The molecule has 1 unspecified atom stereocenters. The third-order valence-electron chi connectivity index (χ3n) is 3.38. The van der Waals surface area contributed by atoms with Gasteiger partial charge in [0.1, 0.15) is 24.5 Å². The summed E-state index contributed by atoms with van der Waals surface area (Å²) in [5, 5.41) is 41.0. The van der Waals surface area contributed by atoms with Gasteiger partial charge in [-0.05, 0) is 22.6 Å². The maximum Gasteiger partial charge on any atom is 0.325 e. The topological polar surface area (TPSA) is 149 Å². The minimum absolute atomic E-state index is 0.549. The highest BCUT2D eigenvalue weighted by atomic mass is 127. The summed E-state index contributed by atoms with van der Waals surface area (Å²) >= 11 is 1.89.